The van der Waals surface area contributed by atoms with Gasteiger partial charge in [-0.05, 0) is 35.6 Å². The van der Waals surface area contributed by atoms with Crippen LogP contribution in [0.4, 0.5) is 0 Å². The lowest BCUT2D eigenvalue weighted by Gasteiger charge is -2.08. The first-order valence-electron chi connectivity index (χ1n) is 8.48. The number of carbonyl (C=O) groups excluding carboxylic acids is 1. The van der Waals surface area contributed by atoms with Crippen molar-refractivity contribution >= 4 is 29.1 Å². The number of thioether (sulfide) groups is 1. The van der Waals surface area contributed by atoms with Crippen LogP contribution in [0, 0.1) is 0 Å². The molecule has 1 aliphatic rings. The minimum atomic E-state index is -0.209. The molecule has 2 aromatic carbocycles. The molecule has 1 fully saturated rings. The third-order valence-corrected chi connectivity index (χ3v) is 5.20. The molecular formula is C20H21N3O2S. The van der Waals surface area contributed by atoms with Crippen molar-refractivity contribution in [3.63, 3.8) is 0 Å². The third-order valence-electron chi connectivity index (χ3n) is 4.13. The minimum Gasteiger partial charge on any atom is -0.507 e. The minimum absolute atomic E-state index is 0.0561. The number of amides is 1. The smallest absolute Gasteiger partial charge is 0.239 e. The zero-order valence-electron chi connectivity index (χ0n) is 14.7. The first-order chi connectivity index (χ1) is 12.5. The lowest BCUT2D eigenvalue weighted by molar-refractivity contribution is -0.118. The Hall–Kier alpha value is -2.60. The molecule has 0 aromatic heterocycles. The van der Waals surface area contributed by atoms with Gasteiger partial charge in [0.05, 0.1) is 11.5 Å². The van der Waals surface area contributed by atoms with Gasteiger partial charge in [-0.3, -0.25) is 4.79 Å². The topological polar surface area (TPSA) is 74.1 Å². The summed E-state index contributed by atoms with van der Waals surface area (Å²) in [6.07, 6.45) is 2.12. The van der Waals surface area contributed by atoms with Crippen molar-refractivity contribution in [2.45, 2.75) is 31.4 Å². The predicted octanol–water partition coefficient (Wildman–Crippen LogP) is 3.68. The van der Waals surface area contributed by atoms with Gasteiger partial charge >= 0.3 is 0 Å². The lowest BCUT2D eigenvalue weighted by atomic mass is 10.0. The number of para-hydroxylation sites is 1. The van der Waals surface area contributed by atoms with E-state index in [2.05, 4.69) is 53.6 Å². The van der Waals surface area contributed by atoms with E-state index in [0.717, 1.165) is 5.56 Å². The molecule has 1 aliphatic heterocycles. The van der Waals surface area contributed by atoms with Gasteiger partial charge in [0.1, 0.15) is 5.75 Å². The summed E-state index contributed by atoms with van der Waals surface area (Å²) in [6, 6.07) is 15.3. The van der Waals surface area contributed by atoms with Crippen molar-refractivity contribution < 1.29 is 9.90 Å². The van der Waals surface area contributed by atoms with Gasteiger partial charge < -0.3 is 10.4 Å². The second kappa shape index (κ2) is 8.19. The normalized spacial score (nSPS) is 18.8. The molecular weight excluding hydrogens is 346 g/mol. The number of rotatable bonds is 5. The zero-order valence-corrected chi connectivity index (χ0v) is 15.5. The Morgan fingerprint density at radius 1 is 1.19 bits per heavy atom. The first-order valence-corrected chi connectivity index (χ1v) is 9.36. The molecule has 0 radical (unpaired) electrons. The lowest BCUT2D eigenvalue weighted by Crippen LogP contribution is -2.25. The standard InChI is InChI=1S/C20H21N3O2S/c1-13(2)15-9-7-14(8-10-15)11-18-19(25)22-20(26-18)23-21-12-16-5-3-4-6-17(16)24/h3-10,12-13,18,24H,11H2,1-2H3,(H,22,23,25)/b21-12+. The molecule has 134 valence electrons. The summed E-state index contributed by atoms with van der Waals surface area (Å²) in [4.78, 5) is 12.1. The van der Waals surface area contributed by atoms with E-state index in [0.29, 0.717) is 23.1 Å². The summed E-state index contributed by atoms with van der Waals surface area (Å²) in [6.45, 7) is 4.32. The molecule has 26 heavy (non-hydrogen) atoms. The Balaban J connectivity index is 1.62. The molecule has 0 spiro atoms. The van der Waals surface area contributed by atoms with E-state index in [4.69, 9.17) is 0 Å². The molecule has 2 aromatic rings. The quantitative estimate of drug-likeness (QED) is 0.625. The van der Waals surface area contributed by atoms with E-state index < -0.39 is 0 Å². The Morgan fingerprint density at radius 2 is 1.92 bits per heavy atom. The maximum absolute atomic E-state index is 12.1. The highest BCUT2D eigenvalue weighted by atomic mass is 32.2. The number of aromatic hydroxyl groups is 1. The van der Waals surface area contributed by atoms with Gasteiger partial charge in [-0.2, -0.15) is 5.10 Å². The van der Waals surface area contributed by atoms with Gasteiger partial charge in [-0.15, -0.1) is 5.10 Å². The van der Waals surface area contributed by atoms with Crippen molar-refractivity contribution in [1.29, 1.82) is 0 Å². The number of hydrogen-bond donors (Lipinski definition) is 2. The second-order valence-electron chi connectivity index (χ2n) is 6.40. The van der Waals surface area contributed by atoms with E-state index in [1.807, 2.05) is 0 Å². The van der Waals surface area contributed by atoms with E-state index in [1.165, 1.54) is 23.5 Å². The molecule has 1 heterocycles. The number of amidine groups is 1. The van der Waals surface area contributed by atoms with Crippen LogP contribution in [0.1, 0.15) is 36.5 Å². The number of nitrogens with zero attached hydrogens (tertiary/aromatic N) is 2. The summed E-state index contributed by atoms with van der Waals surface area (Å²) in [7, 11) is 0. The van der Waals surface area contributed by atoms with Crippen molar-refractivity contribution in [3.05, 3.63) is 65.2 Å². The van der Waals surface area contributed by atoms with Gasteiger partial charge in [0.2, 0.25) is 5.91 Å². The summed E-state index contributed by atoms with van der Waals surface area (Å²) < 4.78 is 0. The molecule has 3 rings (SSSR count). The van der Waals surface area contributed by atoms with Crippen LogP contribution in [-0.4, -0.2) is 27.6 Å². The molecule has 1 unspecified atom stereocenters. The van der Waals surface area contributed by atoms with Crippen LogP contribution in [0.15, 0.2) is 58.7 Å². The molecule has 2 N–H and O–H groups in total. The van der Waals surface area contributed by atoms with E-state index in [-0.39, 0.29) is 16.9 Å². The Labute approximate surface area is 157 Å². The fraction of sp³-hybridized carbons (Fsp3) is 0.250. The van der Waals surface area contributed by atoms with Crippen LogP contribution in [-0.2, 0) is 11.2 Å². The van der Waals surface area contributed by atoms with Crippen molar-refractivity contribution in [2.75, 3.05) is 0 Å². The molecule has 1 amide bonds. The van der Waals surface area contributed by atoms with Crippen molar-refractivity contribution in [2.24, 2.45) is 10.2 Å². The van der Waals surface area contributed by atoms with Crippen LogP contribution >= 0.6 is 11.8 Å². The average Bonchev–Trinajstić information content (AvgIpc) is 2.96. The van der Waals surface area contributed by atoms with Gasteiger partial charge in [-0.25, -0.2) is 0 Å². The summed E-state index contributed by atoms with van der Waals surface area (Å²) in [5.41, 5.74) is 2.99. The van der Waals surface area contributed by atoms with E-state index >= 15 is 0 Å². The Bertz CT molecular complexity index is 844. The number of carbonyl (C=O) groups is 1. The van der Waals surface area contributed by atoms with E-state index in [1.54, 1.807) is 24.3 Å². The highest BCUT2D eigenvalue weighted by molar-refractivity contribution is 8.15. The zero-order chi connectivity index (χ0) is 18.5. The maximum Gasteiger partial charge on any atom is 0.239 e. The predicted molar refractivity (Wildman–Crippen MR) is 107 cm³/mol. The van der Waals surface area contributed by atoms with Gasteiger partial charge in [0.15, 0.2) is 5.17 Å². The second-order valence-corrected chi connectivity index (χ2v) is 7.60. The van der Waals surface area contributed by atoms with Crippen molar-refractivity contribution in [3.8, 4) is 5.75 Å². The van der Waals surface area contributed by atoms with Crippen LogP contribution < -0.4 is 5.32 Å². The van der Waals surface area contributed by atoms with Gasteiger partial charge in [0, 0.05) is 5.56 Å². The molecule has 0 saturated carbocycles. The molecule has 0 bridgehead atoms. The number of phenols is 1. The molecule has 1 atom stereocenters. The van der Waals surface area contributed by atoms with Gasteiger partial charge in [-0.1, -0.05) is 62.0 Å². The van der Waals surface area contributed by atoms with Crippen LogP contribution in [0.25, 0.3) is 0 Å². The molecule has 0 aliphatic carbocycles. The fourth-order valence-corrected chi connectivity index (χ4v) is 3.54. The monoisotopic (exact) mass is 367 g/mol. The largest absolute Gasteiger partial charge is 0.507 e. The highest BCUT2D eigenvalue weighted by Crippen LogP contribution is 2.24. The van der Waals surface area contributed by atoms with Crippen LogP contribution in [0.5, 0.6) is 5.75 Å². The van der Waals surface area contributed by atoms with Crippen molar-refractivity contribution in [1.82, 2.24) is 5.32 Å². The number of hydrogen-bond acceptors (Lipinski definition) is 5. The molecule has 1 saturated heterocycles. The van der Waals surface area contributed by atoms with Crippen LogP contribution in [0.3, 0.4) is 0 Å². The third kappa shape index (κ3) is 4.52. The Morgan fingerprint density at radius 3 is 2.62 bits per heavy atom. The Kier molecular flexibility index (Phi) is 5.73. The van der Waals surface area contributed by atoms with E-state index in [9.17, 15) is 9.90 Å². The average molecular weight is 367 g/mol. The van der Waals surface area contributed by atoms with Gasteiger partial charge in [0.25, 0.3) is 0 Å². The number of benzene rings is 2. The summed E-state index contributed by atoms with van der Waals surface area (Å²) in [5.74, 6) is 0.579. The SMILES string of the molecule is CC(C)c1ccc(CC2S/C(=N/N=C/c3ccccc3O)NC2=O)cc1. The number of nitrogens with one attached hydrogen (secondary N) is 1. The summed E-state index contributed by atoms with van der Waals surface area (Å²) in [5, 5.41) is 20.7. The fourth-order valence-electron chi connectivity index (χ4n) is 2.58. The molecule has 6 heteroatoms. The first kappa shape index (κ1) is 18.2. The summed E-state index contributed by atoms with van der Waals surface area (Å²) >= 11 is 1.38. The number of phenolic OH excluding ortho intramolecular Hbond substituents is 1. The highest BCUT2D eigenvalue weighted by Gasteiger charge is 2.30. The molecule has 5 nitrogen and oxygen atoms in total. The maximum atomic E-state index is 12.1. The van der Waals surface area contributed by atoms with Crippen LogP contribution in [0.2, 0.25) is 0 Å².